The number of hydrogen-bond acceptors (Lipinski definition) is 4. The SMILES string of the molecule is COC(=O)c1[nH]c2ccccc2c1NC(=O)[C@H](C)N1CCCCC1. The summed E-state index contributed by atoms with van der Waals surface area (Å²) in [7, 11) is 1.33. The first-order valence-corrected chi connectivity index (χ1v) is 8.35. The number of carbonyl (C=O) groups is 2. The Balaban J connectivity index is 1.87. The second-order valence-corrected chi connectivity index (χ2v) is 6.17. The van der Waals surface area contributed by atoms with E-state index in [1.54, 1.807) is 0 Å². The van der Waals surface area contributed by atoms with Crippen molar-refractivity contribution in [3.05, 3.63) is 30.0 Å². The number of fused-ring (bicyclic) bond motifs is 1. The van der Waals surface area contributed by atoms with Gasteiger partial charge in [-0.05, 0) is 38.9 Å². The van der Waals surface area contributed by atoms with E-state index in [1.807, 2.05) is 31.2 Å². The summed E-state index contributed by atoms with van der Waals surface area (Å²) in [6.45, 7) is 3.78. The van der Waals surface area contributed by atoms with Gasteiger partial charge in [-0.1, -0.05) is 24.6 Å². The first kappa shape index (κ1) is 16.5. The zero-order valence-corrected chi connectivity index (χ0v) is 14.1. The molecule has 1 fully saturated rings. The van der Waals surface area contributed by atoms with Crippen molar-refractivity contribution >= 4 is 28.5 Å². The van der Waals surface area contributed by atoms with Crippen molar-refractivity contribution in [2.75, 3.05) is 25.5 Å². The zero-order valence-electron chi connectivity index (χ0n) is 14.1. The van der Waals surface area contributed by atoms with Gasteiger partial charge in [0.05, 0.1) is 18.8 Å². The van der Waals surface area contributed by atoms with Gasteiger partial charge in [0.2, 0.25) is 5.91 Å². The van der Waals surface area contributed by atoms with Crippen LogP contribution in [0.3, 0.4) is 0 Å². The number of carbonyl (C=O) groups excluding carboxylic acids is 2. The van der Waals surface area contributed by atoms with Crippen molar-refractivity contribution in [2.45, 2.75) is 32.2 Å². The molecule has 128 valence electrons. The highest BCUT2D eigenvalue weighted by molar-refractivity contribution is 6.11. The number of H-pyrrole nitrogens is 1. The van der Waals surface area contributed by atoms with Gasteiger partial charge in [-0.3, -0.25) is 9.69 Å². The Kier molecular flexibility index (Phi) is 4.85. The molecule has 1 amide bonds. The molecule has 0 bridgehead atoms. The van der Waals surface area contributed by atoms with Crippen LogP contribution >= 0.6 is 0 Å². The molecule has 6 nitrogen and oxygen atoms in total. The van der Waals surface area contributed by atoms with Crippen LogP contribution in [0.4, 0.5) is 5.69 Å². The van der Waals surface area contributed by atoms with Gasteiger partial charge in [-0.25, -0.2) is 4.79 Å². The Morgan fingerprint density at radius 1 is 1.21 bits per heavy atom. The van der Waals surface area contributed by atoms with Crippen LogP contribution in [-0.2, 0) is 9.53 Å². The topological polar surface area (TPSA) is 74.4 Å². The molecule has 2 N–H and O–H groups in total. The number of esters is 1. The van der Waals surface area contributed by atoms with E-state index in [2.05, 4.69) is 15.2 Å². The van der Waals surface area contributed by atoms with Crippen LogP contribution in [0.5, 0.6) is 0 Å². The van der Waals surface area contributed by atoms with E-state index in [0.717, 1.165) is 36.8 Å². The maximum atomic E-state index is 12.7. The monoisotopic (exact) mass is 329 g/mol. The lowest BCUT2D eigenvalue weighted by Gasteiger charge is -2.31. The maximum Gasteiger partial charge on any atom is 0.356 e. The van der Waals surface area contributed by atoms with E-state index < -0.39 is 5.97 Å². The summed E-state index contributed by atoms with van der Waals surface area (Å²) < 4.78 is 4.83. The number of nitrogens with zero attached hydrogens (tertiary/aromatic N) is 1. The summed E-state index contributed by atoms with van der Waals surface area (Å²) in [6, 6.07) is 7.26. The molecule has 1 atom stereocenters. The lowest BCUT2D eigenvalue weighted by atomic mass is 10.1. The summed E-state index contributed by atoms with van der Waals surface area (Å²) in [5.74, 6) is -0.598. The highest BCUT2D eigenvalue weighted by Gasteiger charge is 2.26. The summed E-state index contributed by atoms with van der Waals surface area (Å²) in [5.41, 5.74) is 1.56. The molecule has 2 heterocycles. The summed E-state index contributed by atoms with van der Waals surface area (Å²) >= 11 is 0. The molecule has 1 aliphatic heterocycles. The van der Waals surface area contributed by atoms with Gasteiger partial charge in [0.1, 0.15) is 5.69 Å². The standard InChI is InChI=1S/C18H23N3O3/c1-12(21-10-6-3-7-11-21)17(22)20-15-13-8-4-5-9-14(13)19-16(15)18(23)24-2/h4-5,8-9,12,19H,3,6-7,10-11H2,1-2H3,(H,20,22)/t12-/m0/s1. The average molecular weight is 329 g/mol. The van der Waals surface area contributed by atoms with Crippen LogP contribution in [0.25, 0.3) is 10.9 Å². The Bertz CT molecular complexity index is 747. The smallest absolute Gasteiger partial charge is 0.356 e. The molecular formula is C18H23N3O3. The minimum atomic E-state index is -0.493. The summed E-state index contributed by atoms with van der Waals surface area (Å²) in [5, 5.41) is 3.74. The number of hydrogen-bond donors (Lipinski definition) is 2. The molecule has 0 unspecified atom stereocenters. The largest absolute Gasteiger partial charge is 0.464 e. The van der Waals surface area contributed by atoms with E-state index in [-0.39, 0.29) is 17.6 Å². The third-order valence-electron chi connectivity index (χ3n) is 4.66. The Morgan fingerprint density at radius 2 is 1.92 bits per heavy atom. The molecule has 1 saturated heterocycles. The molecular weight excluding hydrogens is 306 g/mol. The number of aromatic nitrogens is 1. The zero-order chi connectivity index (χ0) is 17.1. The first-order chi connectivity index (χ1) is 11.6. The van der Waals surface area contributed by atoms with Crippen LogP contribution in [0.2, 0.25) is 0 Å². The minimum Gasteiger partial charge on any atom is -0.464 e. The van der Waals surface area contributed by atoms with Gasteiger partial charge in [0.25, 0.3) is 0 Å². The predicted molar refractivity (Wildman–Crippen MR) is 93.2 cm³/mol. The van der Waals surface area contributed by atoms with E-state index in [9.17, 15) is 9.59 Å². The van der Waals surface area contributed by atoms with Gasteiger partial charge in [-0.15, -0.1) is 0 Å². The van der Waals surface area contributed by atoms with Crippen molar-refractivity contribution in [1.29, 1.82) is 0 Å². The number of nitrogens with one attached hydrogen (secondary N) is 2. The maximum absolute atomic E-state index is 12.7. The third kappa shape index (κ3) is 3.14. The number of amides is 1. The number of ether oxygens (including phenoxy) is 1. The number of benzene rings is 1. The van der Waals surface area contributed by atoms with Crippen molar-refractivity contribution in [1.82, 2.24) is 9.88 Å². The number of piperidine rings is 1. The quantitative estimate of drug-likeness (QED) is 0.846. The molecule has 0 radical (unpaired) electrons. The number of rotatable bonds is 4. The summed E-state index contributed by atoms with van der Waals surface area (Å²) in [6.07, 6.45) is 3.47. The van der Waals surface area contributed by atoms with Gasteiger partial charge >= 0.3 is 5.97 Å². The van der Waals surface area contributed by atoms with Crippen molar-refractivity contribution in [3.8, 4) is 0 Å². The second kappa shape index (κ2) is 7.05. The number of para-hydroxylation sites is 1. The van der Waals surface area contributed by atoms with Crippen LogP contribution in [0.15, 0.2) is 24.3 Å². The molecule has 24 heavy (non-hydrogen) atoms. The lowest BCUT2D eigenvalue weighted by molar-refractivity contribution is -0.121. The highest BCUT2D eigenvalue weighted by Crippen LogP contribution is 2.28. The molecule has 3 rings (SSSR count). The van der Waals surface area contributed by atoms with Crippen LogP contribution in [0, 0.1) is 0 Å². The van der Waals surface area contributed by atoms with Gasteiger partial charge in [0, 0.05) is 10.9 Å². The van der Waals surface area contributed by atoms with E-state index in [4.69, 9.17) is 4.74 Å². The average Bonchev–Trinajstić information content (AvgIpc) is 2.99. The number of likely N-dealkylation sites (tertiary alicyclic amines) is 1. The Labute approximate surface area is 141 Å². The molecule has 1 aromatic carbocycles. The number of anilines is 1. The molecule has 6 heteroatoms. The van der Waals surface area contributed by atoms with Gasteiger partial charge < -0.3 is 15.0 Å². The molecule has 0 saturated carbocycles. The van der Waals surface area contributed by atoms with Crippen LogP contribution < -0.4 is 5.32 Å². The fourth-order valence-electron chi connectivity index (χ4n) is 3.23. The normalized spacial score (nSPS) is 16.8. The third-order valence-corrected chi connectivity index (χ3v) is 4.66. The second-order valence-electron chi connectivity index (χ2n) is 6.17. The van der Waals surface area contributed by atoms with E-state index in [1.165, 1.54) is 13.5 Å². The van der Waals surface area contributed by atoms with E-state index in [0.29, 0.717) is 5.69 Å². The molecule has 1 aromatic heterocycles. The lowest BCUT2D eigenvalue weighted by Crippen LogP contribution is -2.44. The first-order valence-electron chi connectivity index (χ1n) is 8.35. The van der Waals surface area contributed by atoms with Crippen molar-refractivity contribution in [3.63, 3.8) is 0 Å². The predicted octanol–water partition coefficient (Wildman–Crippen LogP) is 2.77. The number of methoxy groups -OCH3 is 1. The molecule has 1 aliphatic rings. The fourth-order valence-corrected chi connectivity index (χ4v) is 3.23. The number of aromatic amines is 1. The molecule has 0 aliphatic carbocycles. The fraction of sp³-hybridized carbons (Fsp3) is 0.444. The van der Waals surface area contributed by atoms with Crippen molar-refractivity contribution < 1.29 is 14.3 Å². The minimum absolute atomic E-state index is 0.105. The van der Waals surface area contributed by atoms with Crippen LogP contribution in [0.1, 0.15) is 36.7 Å². The Morgan fingerprint density at radius 3 is 2.62 bits per heavy atom. The van der Waals surface area contributed by atoms with E-state index >= 15 is 0 Å². The van der Waals surface area contributed by atoms with Crippen LogP contribution in [-0.4, -0.2) is 48.0 Å². The molecule has 2 aromatic rings. The highest BCUT2D eigenvalue weighted by atomic mass is 16.5. The Hall–Kier alpha value is -2.34. The van der Waals surface area contributed by atoms with Crippen molar-refractivity contribution in [2.24, 2.45) is 0 Å². The van der Waals surface area contributed by atoms with Gasteiger partial charge in [-0.2, -0.15) is 0 Å². The summed E-state index contributed by atoms with van der Waals surface area (Å²) in [4.78, 5) is 30.0. The van der Waals surface area contributed by atoms with Gasteiger partial charge in [0.15, 0.2) is 0 Å². The molecule has 0 spiro atoms.